The van der Waals surface area contributed by atoms with Crippen molar-refractivity contribution in [1.29, 1.82) is 0 Å². The Bertz CT molecular complexity index is 497. The highest BCUT2D eigenvalue weighted by atomic mass is 19.1. The number of carbonyl (C=O) groups excluding carboxylic acids is 1. The largest absolute Gasteiger partial charge is 0.444 e. The van der Waals surface area contributed by atoms with Crippen LogP contribution in [0, 0.1) is 15.9 Å². The summed E-state index contributed by atoms with van der Waals surface area (Å²) in [6, 6.07) is 3.78. The van der Waals surface area contributed by atoms with Gasteiger partial charge in [-0.1, -0.05) is 12.1 Å². The van der Waals surface area contributed by atoms with Gasteiger partial charge in [-0.3, -0.25) is 10.1 Å². The van der Waals surface area contributed by atoms with Crippen molar-refractivity contribution in [2.75, 3.05) is 0 Å². The highest BCUT2D eigenvalue weighted by Crippen LogP contribution is 2.20. The Hall–Kier alpha value is -2.18. The molecule has 0 atom stereocenters. The van der Waals surface area contributed by atoms with E-state index in [2.05, 4.69) is 5.32 Å². The number of nitro groups is 1. The lowest BCUT2D eigenvalue weighted by molar-refractivity contribution is -0.387. The van der Waals surface area contributed by atoms with Gasteiger partial charge in [0.15, 0.2) is 0 Å². The van der Waals surface area contributed by atoms with Crippen molar-refractivity contribution in [2.45, 2.75) is 32.9 Å². The zero-order chi connectivity index (χ0) is 14.6. The number of nitro benzene ring substituents is 1. The molecule has 0 radical (unpaired) electrons. The minimum Gasteiger partial charge on any atom is -0.444 e. The summed E-state index contributed by atoms with van der Waals surface area (Å²) < 4.78 is 18.6. The Morgan fingerprint density at radius 2 is 2.11 bits per heavy atom. The minimum absolute atomic E-state index is 0.0278. The molecule has 0 aromatic heterocycles. The molecule has 6 nitrogen and oxygen atoms in total. The maximum Gasteiger partial charge on any atom is 0.407 e. The molecule has 7 heteroatoms. The fourth-order valence-corrected chi connectivity index (χ4v) is 1.33. The summed E-state index contributed by atoms with van der Waals surface area (Å²) in [6.07, 6.45) is -0.710. The molecule has 0 aliphatic carbocycles. The van der Waals surface area contributed by atoms with Crippen molar-refractivity contribution in [3.8, 4) is 0 Å². The second-order valence-corrected chi connectivity index (χ2v) is 4.86. The smallest absolute Gasteiger partial charge is 0.407 e. The average Bonchev–Trinajstić information content (AvgIpc) is 2.24. The van der Waals surface area contributed by atoms with Gasteiger partial charge in [0.25, 0.3) is 0 Å². The van der Waals surface area contributed by atoms with Gasteiger partial charge in [0.05, 0.1) is 4.92 Å². The van der Waals surface area contributed by atoms with Gasteiger partial charge in [-0.05, 0) is 20.8 Å². The van der Waals surface area contributed by atoms with Crippen LogP contribution in [0.3, 0.4) is 0 Å². The molecule has 1 aromatic rings. The first-order valence-corrected chi connectivity index (χ1v) is 5.59. The van der Waals surface area contributed by atoms with E-state index in [1.165, 1.54) is 12.1 Å². The third-order valence-corrected chi connectivity index (χ3v) is 2.08. The van der Waals surface area contributed by atoms with Crippen molar-refractivity contribution < 1.29 is 18.8 Å². The zero-order valence-corrected chi connectivity index (χ0v) is 10.9. The number of halogens is 1. The normalized spacial score (nSPS) is 10.9. The Morgan fingerprint density at radius 1 is 1.47 bits per heavy atom. The molecule has 0 unspecified atom stereocenters. The van der Waals surface area contributed by atoms with Crippen molar-refractivity contribution in [1.82, 2.24) is 5.32 Å². The number of hydrogen-bond acceptors (Lipinski definition) is 4. The van der Waals surface area contributed by atoms with E-state index in [4.69, 9.17) is 4.74 Å². The van der Waals surface area contributed by atoms with Gasteiger partial charge in [0, 0.05) is 18.2 Å². The molecule has 0 saturated heterocycles. The monoisotopic (exact) mass is 270 g/mol. The SMILES string of the molecule is CC(C)(C)OC(=O)NCc1cccc([N+](=O)[O-])c1F. The van der Waals surface area contributed by atoms with E-state index in [9.17, 15) is 19.3 Å². The number of nitrogens with one attached hydrogen (secondary N) is 1. The van der Waals surface area contributed by atoms with E-state index in [0.29, 0.717) is 0 Å². The van der Waals surface area contributed by atoms with Crippen LogP contribution in [0.15, 0.2) is 18.2 Å². The summed E-state index contributed by atoms with van der Waals surface area (Å²) in [5.74, 6) is -0.955. The van der Waals surface area contributed by atoms with Crippen molar-refractivity contribution in [2.24, 2.45) is 0 Å². The molecular formula is C12H15FN2O4. The van der Waals surface area contributed by atoms with Crippen LogP contribution in [0.1, 0.15) is 26.3 Å². The second kappa shape index (κ2) is 5.64. The Kier molecular flexibility index (Phi) is 4.42. The highest BCUT2D eigenvalue weighted by Gasteiger charge is 2.19. The first-order valence-electron chi connectivity index (χ1n) is 5.59. The Labute approximate surface area is 109 Å². The first kappa shape index (κ1) is 14.9. The fraction of sp³-hybridized carbons (Fsp3) is 0.417. The second-order valence-electron chi connectivity index (χ2n) is 4.86. The van der Waals surface area contributed by atoms with Crippen LogP contribution in [0.4, 0.5) is 14.9 Å². The van der Waals surface area contributed by atoms with Crippen LogP contribution in [0.25, 0.3) is 0 Å². The van der Waals surface area contributed by atoms with Crippen molar-refractivity contribution in [3.63, 3.8) is 0 Å². The number of rotatable bonds is 3. The quantitative estimate of drug-likeness (QED) is 0.676. The van der Waals surface area contributed by atoms with Crippen molar-refractivity contribution in [3.05, 3.63) is 39.7 Å². The number of ether oxygens (including phenoxy) is 1. The van der Waals surface area contributed by atoms with Gasteiger partial charge >= 0.3 is 11.8 Å². The standard InChI is InChI=1S/C12H15FN2O4/c1-12(2,3)19-11(16)14-7-8-5-4-6-9(10(8)13)15(17)18/h4-6H,7H2,1-3H3,(H,14,16). The summed E-state index contributed by atoms with van der Waals surface area (Å²) in [5, 5.41) is 12.9. The lowest BCUT2D eigenvalue weighted by atomic mass is 10.2. The first-order chi connectivity index (χ1) is 8.70. The summed E-state index contributed by atoms with van der Waals surface area (Å²) >= 11 is 0. The predicted molar refractivity (Wildman–Crippen MR) is 66.1 cm³/mol. The molecule has 1 N–H and O–H groups in total. The lowest BCUT2D eigenvalue weighted by Crippen LogP contribution is -2.32. The Morgan fingerprint density at radius 3 is 2.63 bits per heavy atom. The zero-order valence-electron chi connectivity index (χ0n) is 10.9. The molecular weight excluding hydrogens is 255 g/mol. The van der Waals surface area contributed by atoms with Gasteiger partial charge in [-0.15, -0.1) is 0 Å². The Balaban J connectivity index is 2.71. The molecule has 0 heterocycles. The topological polar surface area (TPSA) is 81.5 Å². The van der Waals surface area contributed by atoms with Gasteiger partial charge in [0.2, 0.25) is 5.82 Å². The van der Waals surface area contributed by atoms with Crippen LogP contribution in [0.5, 0.6) is 0 Å². The van der Waals surface area contributed by atoms with Crippen LogP contribution >= 0.6 is 0 Å². The van der Waals surface area contributed by atoms with Crippen LogP contribution in [0.2, 0.25) is 0 Å². The molecule has 0 fully saturated rings. The molecule has 0 saturated carbocycles. The van der Waals surface area contributed by atoms with E-state index in [0.717, 1.165) is 6.07 Å². The summed E-state index contributed by atoms with van der Waals surface area (Å²) in [5.41, 5.74) is -1.26. The molecule has 1 rings (SSSR count). The van der Waals surface area contributed by atoms with Crippen LogP contribution in [-0.2, 0) is 11.3 Å². The van der Waals surface area contributed by atoms with Crippen molar-refractivity contribution >= 4 is 11.8 Å². The molecule has 104 valence electrons. The van der Waals surface area contributed by atoms with E-state index in [-0.39, 0.29) is 12.1 Å². The molecule has 1 amide bonds. The molecule has 19 heavy (non-hydrogen) atoms. The predicted octanol–water partition coefficient (Wildman–Crippen LogP) is 2.76. The summed E-state index contributed by atoms with van der Waals surface area (Å²) in [7, 11) is 0. The number of carbonyl (C=O) groups is 1. The number of nitrogens with zero attached hydrogens (tertiary/aromatic N) is 1. The van der Waals surface area contributed by atoms with E-state index in [1.54, 1.807) is 20.8 Å². The molecule has 0 bridgehead atoms. The summed E-state index contributed by atoms with van der Waals surface area (Å²) in [6.45, 7) is 4.91. The minimum atomic E-state index is -0.955. The van der Waals surface area contributed by atoms with Gasteiger partial charge in [-0.2, -0.15) is 4.39 Å². The molecule has 0 aliphatic rings. The van der Waals surface area contributed by atoms with E-state index >= 15 is 0 Å². The maximum atomic E-state index is 13.7. The van der Waals surface area contributed by atoms with Gasteiger partial charge in [0.1, 0.15) is 5.60 Å². The number of hydrogen-bond donors (Lipinski definition) is 1. The van der Waals surface area contributed by atoms with Gasteiger partial charge in [-0.25, -0.2) is 4.79 Å². The lowest BCUT2D eigenvalue weighted by Gasteiger charge is -2.19. The number of alkyl carbamates (subject to hydrolysis) is 1. The summed E-state index contributed by atoms with van der Waals surface area (Å²) in [4.78, 5) is 21.1. The van der Waals surface area contributed by atoms with Gasteiger partial charge < -0.3 is 10.1 Å². The van der Waals surface area contributed by atoms with E-state index < -0.39 is 28.1 Å². The molecule has 0 spiro atoms. The molecule has 1 aromatic carbocycles. The number of amides is 1. The van der Waals surface area contributed by atoms with Crippen LogP contribution < -0.4 is 5.32 Å². The van der Waals surface area contributed by atoms with Crippen LogP contribution in [-0.4, -0.2) is 16.6 Å². The third-order valence-electron chi connectivity index (χ3n) is 2.08. The third kappa shape index (κ3) is 4.53. The fourth-order valence-electron chi connectivity index (χ4n) is 1.33. The number of benzene rings is 1. The molecule has 0 aliphatic heterocycles. The highest BCUT2D eigenvalue weighted by molar-refractivity contribution is 5.67. The van der Waals surface area contributed by atoms with E-state index in [1.807, 2.05) is 0 Å². The average molecular weight is 270 g/mol. The maximum absolute atomic E-state index is 13.7.